The molecule has 0 heterocycles. The molecule has 1 nitrogen and oxygen atoms in total. The van der Waals surface area contributed by atoms with Crippen LogP contribution in [0.15, 0.2) is 0 Å². The summed E-state index contributed by atoms with van der Waals surface area (Å²) in [5.74, 6) is 0. The first-order valence-electron chi connectivity index (χ1n) is 4.07. The van der Waals surface area contributed by atoms with E-state index in [1.165, 1.54) is 6.42 Å². The van der Waals surface area contributed by atoms with Crippen molar-refractivity contribution < 1.29 is 0 Å². The van der Waals surface area contributed by atoms with Crippen LogP contribution in [0.5, 0.6) is 0 Å². The van der Waals surface area contributed by atoms with E-state index in [-0.39, 0.29) is 0 Å². The summed E-state index contributed by atoms with van der Waals surface area (Å²) in [5.41, 5.74) is 0. The summed E-state index contributed by atoms with van der Waals surface area (Å²) in [5, 5.41) is 3.97. The zero-order chi connectivity index (χ0) is 8.41. The minimum Gasteiger partial charge on any atom is -0.306 e. The maximum Gasteiger partial charge on any atom is 0.0500 e. The Kier molecular flexibility index (Phi) is 15.6. The van der Waals surface area contributed by atoms with Crippen molar-refractivity contribution in [2.24, 2.45) is 0 Å². The molecule has 0 aromatic heterocycles. The molecule has 2 heteroatoms. The number of thioether (sulfide) groups is 1. The third-order valence-corrected chi connectivity index (χ3v) is 1.91. The van der Waals surface area contributed by atoms with E-state index in [1.807, 2.05) is 25.6 Å². The van der Waals surface area contributed by atoms with Crippen LogP contribution in [0.25, 0.3) is 0 Å². The number of nitrogens with one attached hydrogen (secondary N) is 1. The Balaban J connectivity index is 0. The summed E-state index contributed by atoms with van der Waals surface area (Å²) in [6, 6.07) is 0. The van der Waals surface area contributed by atoms with E-state index in [9.17, 15) is 0 Å². The van der Waals surface area contributed by atoms with Crippen LogP contribution in [0, 0.1) is 0 Å². The topological polar surface area (TPSA) is 12.0 Å². The van der Waals surface area contributed by atoms with Crippen molar-refractivity contribution in [1.29, 1.82) is 0 Å². The minimum atomic E-state index is 0.620. The second-order valence-corrected chi connectivity index (χ2v) is 3.01. The van der Waals surface area contributed by atoms with E-state index in [2.05, 4.69) is 25.4 Å². The van der Waals surface area contributed by atoms with Crippen molar-refractivity contribution in [1.82, 2.24) is 5.32 Å². The fourth-order valence-corrected chi connectivity index (χ4v) is 0.715. The Labute approximate surface area is 70.0 Å². The fourth-order valence-electron chi connectivity index (χ4n) is 0.431. The van der Waals surface area contributed by atoms with Gasteiger partial charge < -0.3 is 5.32 Å². The molecule has 64 valence electrons. The van der Waals surface area contributed by atoms with Crippen molar-refractivity contribution >= 4 is 11.8 Å². The van der Waals surface area contributed by atoms with Crippen LogP contribution in [0.3, 0.4) is 0 Å². The van der Waals surface area contributed by atoms with Gasteiger partial charge in [-0.25, -0.2) is 0 Å². The first-order chi connectivity index (χ1) is 4.81. The average Bonchev–Trinajstić information content (AvgIpc) is 2.04. The standard InChI is InChI=1S/C6H15NS.C2H6/c1-4-5-7-6(2)8-3;1-2/h6-7H,4-5H2,1-3H3;1-2H3. The summed E-state index contributed by atoms with van der Waals surface area (Å²) in [7, 11) is 0. The third kappa shape index (κ3) is 11.2. The molecule has 0 fully saturated rings. The SMILES string of the molecule is CC.CCCNC(C)SC. The first-order valence-corrected chi connectivity index (χ1v) is 5.36. The zero-order valence-corrected chi connectivity index (χ0v) is 8.72. The van der Waals surface area contributed by atoms with Crippen LogP contribution in [0.4, 0.5) is 0 Å². The lowest BCUT2D eigenvalue weighted by molar-refractivity contribution is 0.672. The van der Waals surface area contributed by atoms with Gasteiger partial charge in [0.05, 0.1) is 5.37 Å². The largest absolute Gasteiger partial charge is 0.306 e. The molecule has 10 heavy (non-hydrogen) atoms. The Hall–Kier alpha value is 0.310. The van der Waals surface area contributed by atoms with Crippen LogP contribution in [0.1, 0.15) is 34.1 Å². The summed E-state index contributed by atoms with van der Waals surface area (Å²) in [6.45, 7) is 9.50. The van der Waals surface area contributed by atoms with Gasteiger partial charge >= 0.3 is 0 Å². The summed E-state index contributed by atoms with van der Waals surface area (Å²) >= 11 is 1.85. The second-order valence-electron chi connectivity index (χ2n) is 1.83. The Bertz CT molecular complexity index is 48.5. The maximum atomic E-state index is 3.34. The zero-order valence-electron chi connectivity index (χ0n) is 7.90. The summed E-state index contributed by atoms with van der Waals surface area (Å²) in [4.78, 5) is 0. The molecule has 0 aliphatic carbocycles. The minimum absolute atomic E-state index is 0.620. The van der Waals surface area contributed by atoms with Crippen LogP contribution in [-0.4, -0.2) is 18.2 Å². The highest BCUT2D eigenvalue weighted by Gasteiger charge is 1.92. The van der Waals surface area contributed by atoms with Crippen LogP contribution >= 0.6 is 11.8 Å². The number of rotatable bonds is 4. The predicted molar refractivity (Wildman–Crippen MR) is 52.6 cm³/mol. The normalized spacial score (nSPS) is 11.7. The van der Waals surface area contributed by atoms with Gasteiger partial charge in [0.25, 0.3) is 0 Å². The van der Waals surface area contributed by atoms with E-state index in [0.717, 1.165) is 6.54 Å². The lowest BCUT2D eigenvalue weighted by atomic mass is 10.5. The molecule has 0 saturated heterocycles. The molecule has 0 aliphatic heterocycles. The van der Waals surface area contributed by atoms with Gasteiger partial charge in [-0.1, -0.05) is 20.8 Å². The Morgan fingerprint density at radius 3 is 2.20 bits per heavy atom. The monoisotopic (exact) mass is 163 g/mol. The highest BCUT2D eigenvalue weighted by Crippen LogP contribution is 1.99. The van der Waals surface area contributed by atoms with Gasteiger partial charge in [-0.3, -0.25) is 0 Å². The van der Waals surface area contributed by atoms with E-state index < -0.39 is 0 Å². The molecule has 0 aliphatic rings. The molecule has 0 radical (unpaired) electrons. The summed E-state index contributed by atoms with van der Waals surface area (Å²) < 4.78 is 0. The van der Waals surface area contributed by atoms with Crippen molar-refractivity contribution in [3.63, 3.8) is 0 Å². The van der Waals surface area contributed by atoms with Gasteiger partial charge in [-0.05, 0) is 26.1 Å². The van der Waals surface area contributed by atoms with Gasteiger partial charge in [0.15, 0.2) is 0 Å². The summed E-state index contributed by atoms with van der Waals surface area (Å²) in [6.07, 6.45) is 3.35. The smallest absolute Gasteiger partial charge is 0.0500 e. The number of hydrogen-bond donors (Lipinski definition) is 1. The average molecular weight is 163 g/mol. The van der Waals surface area contributed by atoms with Crippen molar-refractivity contribution in [3.05, 3.63) is 0 Å². The third-order valence-electron chi connectivity index (χ3n) is 1.04. The molecule has 0 aromatic carbocycles. The molecule has 1 atom stereocenters. The molecule has 1 N–H and O–H groups in total. The lowest BCUT2D eigenvalue weighted by Gasteiger charge is -2.07. The quantitative estimate of drug-likeness (QED) is 0.640. The lowest BCUT2D eigenvalue weighted by Crippen LogP contribution is -2.22. The van der Waals surface area contributed by atoms with Gasteiger partial charge in [0.1, 0.15) is 0 Å². The van der Waals surface area contributed by atoms with E-state index in [4.69, 9.17) is 0 Å². The molecular formula is C8H21NS. The highest BCUT2D eigenvalue weighted by molar-refractivity contribution is 7.99. The molecule has 0 rings (SSSR count). The van der Waals surface area contributed by atoms with Crippen LogP contribution in [0.2, 0.25) is 0 Å². The van der Waals surface area contributed by atoms with Crippen LogP contribution < -0.4 is 5.32 Å². The van der Waals surface area contributed by atoms with Gasteiger partial charge in [-0.15, -0.1) is 11.8 Å². The van der Waals surface area contributed by atoms with E-state index >= 15 is 0 Å². The molecule has 0 spiro atoms. The molecule has 0 amide bonds. The second kappa shape index (κ2) is 12.0. The number of hydrogen-bond acceptors (Lipinski definition) is 2. The van der Waals surface area contributed by atoms with Crippen molar-refractivity contribution in [2.75, 3.05) is 12.8 Å². The fraction of sp³-hybridized carbons (Fsp3) is 1.00. The first kappa shape index (κ1) is 12.9. The molecule has 0 saturated carbocycles. The molecule has 0 aromatic rings. The van der Waals surface area contributed by atoms with Crippen molar-refractivity contribution in [3.8, 4) is 0 Å². The maximum absolute atomic E-state index is 3.34. The van der Waals surface area contributed by atoms with Gasteiger partial charge in [-0.2, -0.15) is 0 Å². The Morgan fingerprint density at radius 1 is 1.40 bits per heavy atom. The molecule has 1 unspecified atom stereocenters. The van der Waals surface area contributed by atoms with E-state index in [0.29, 0.717) is 5.37 Å². The van der Waals surface area contributed by atoms with Gasteiger partial charge in [0, 0.05) is 0 Å². The molecule has 0 bridgehead atoms. The van der Waals surface area contributed by atoms with E-state index in [1.54, 1.807) is 0 Å². The highest BCUT2D eigenvalue weighted by atomic mass is 32.2. The predicted octanol–water partition coefficient (Wildman–Crippen LogP) is 2.72. The van der Waals surface area contributed by atoms with Gasteiger partial charge in [0.2, 0.25) is 0 Å². The van der Waals surface area contributed by atoms with Crippen LogP contribution in [-0.2, 0) is 0 Å². The van der Waals surface area contributed by atoms with Crippen molar-refractivity contribution in [2.45, 2.75) is 39.5 Å². The molecular weight excluding hydrogens is 142 g/mol. The Morgan fingerprint density at radius 2 is 1.90 bits per heavy atom.